The van der Waals surface area contributed by atoms with E-state index in [2.05, 4.69) is 10.3 Å². The number of anilines is 1. The average molecular weight is 402 g/mol. The van der Waals surface area contributed by atoms with Gasteiger partial charge in [0.05, 0.1) is 25.6 Å². The smallest absolute Gasteiger partial charge is 0.174 e. The molecule has 0 aliphatic carbocycles. The zero-order chi connectivity index (χ0) is 19.2. The lowest BCUT2D eigenvalue weighted by Crippen LogP contribution is -2.33. The molecule has 0 fully saturated rings. The van der Waals surface area contributed by atoms with E-state index in [1.54, 1.807) is 25.6 Å². The SMILES string of the molecule is COc1cc(Cl)c(C)cc1NC(=S)N(Cc1cccnc1)Cc1ccco1. The molecule has 140 valence electrons. The summed E-state index contributed by atoms with van der Waals surface area (Å²) in [5.41, 5.74) is 2.75. The van der Waals surface area contributed by atoms with Crippen molar-refractivity contribution in [2.45, 2.75) is 20.0 Å². The molecule has 0 aliphatic rings. The average Bonchev–Trinajstić information content (AvgIpc) is 3.18. The predicted octanol–water partition coefficient (Wildman–Crippen LogP) is 5.04. The number of rotatable bonds is 6. The van der Waals surface area contributed by atoms with Crippen molar-refractivity contribution >= 4 is 34.6 Å². The molecule has 0 atom stereocenters. The molecule has 0 radical (unpaired) electrons. The molecule has 0 amide bonds. The lowest BCUT2D eigenvalue weighted by Gasteiger charge is -2.26. The van der Waals surface area contributed by atoms with Crippen LogP contribution in [0.25, 0.3) is 0 Å². The first kappa shape index (κ1) is 19.2. The quantitative estimate of drug-likeness (QED) is 0.583. The maximum Gasteiger partial charge on any atom is 0.174 e. The summed E-state index contributed by atoms with van der Waals surface area (Å²) in [5, 5.41) is 4.47. The Balaban J connectivity index is 1.83. The number of benzene rings is 1. The largest absolute Gasteiger partial charge is 0.495 e. The van der Waals surface area contributed by atoms with Crippen molar-refractivity contribution in [3.05, 3.63) is 77.0 Å². The number of aryl methyl sites for hydroxylation is 1. The highest BCUT2D eigenvalue weighted by Gasteiger charge is 2.16. The molecule has 5 nitrogen and oxygen atoms in total. The van der Waals surface area contributed by atoms with Crippen LogP contribution in [0.5, 0.6) is 5.75 Å². The van der Waals surface area contributed by atoms with Gasteiger partial charge < -0.3 is 19.4 Å². The molecule has 1 aromatic carbocycles. The second-order valence-electron chi connectivity index (χ2n) is 6.03. The first-order chi connectivity index (χ1) is 13.1. The Hall–Kier alpha value is -2.57. The zero-order valence-electron chi connectivity index (χ0n) is 15.1. The van der Waals surface area contributed by atoms with Crippen LogP contribution in [-0.4, -0.2) is 22.1 Å². The number of nitrogens with zero attached hydrogens (tertiary/aromatic N) is 2. The fourth-order valence-corrected chi connectivity index (χ4v) is 3.02. The summed E-state index contributed by atoms with van der Waals surface area (Å²) >= 11 is 11.9. The normalized spacial score (nSPS) is 10.5. The summed E-state index contributed by atoms with van der Waals surface area (Å²) in [7, 11) is 1.60. The van der Waals surface area contributed by atoms with Crippen LogP contribution in [0.1, 0.15) is 16.9 Å². The molecule has 3 rings (SSSR count). The molecule has 0 bridgehead atoms. The van der Waals surface area contributed by atoms with Gasteiger partial charge in [-0.1, -0.05) is 17.7 Å². The minimum absolute atomic E-state index is 0.530. The van der Waals surface area contributed by atoms with Gasteiger partial charge in [-0.2, -0.15) is 0 Å². The van der Waals surface area contributed by atoms with Gasteiger partial charge in [0.15, 0.2) is 5.11 Å². The Morgan fingerprint density at radius 2 is 2.15 bits per heavy atom. The summed E-state index contributed by atoms with van der Waals surface area (Å²) in [4.78, 5) is 6.19. The van der Waals surface area contributed by atoms with Crippen molar-refractivity contribution in [2.75, 3.05) is 12.4 Å². The summed E-state index contributed by atoms with van der Waals surface area (Å²) in [6.45, 7) is 3.06. The second-order valence-corrected chi connectivity index (χ2v) is 6.82. The summed E-state index contributed by atoms with van der Waals surface area (Å²) in [6, 6.07) is 11.4. The highest BCUT2D eigenvalue weighted by molar-refractivity contribution is 7.80. The number of ether oxygens (including phenoxy) is 1. The number of furan rings is 1. The minimum atomic E-state index is 0.530. The maximum atomic E-state index is 6.20. The Morgan fingerprint density at radius 1 is 1.30 bits per heavy atom. The number of aromatic nitrogens is 1. The summed E-state index contributed by atoms with van der Waals surface area (Å²) in [5.74, 6) is 1.45. The highest BCUT2D eigenvalue weighted by atomic mass is 35.5. The molecule has 0 aliphatic heterocycles. The molecule has 0 saturated heterocycles. The van der Waals surface area contributed by atoms with Gasteiger partial charge in [-0.3, -0.25) is 4.98 Å². The van der Waals surface area contributed by atoms with Crippen molar-refractivity contribution in [1.82, 2.24) is 9.88 Å². The van der Waals surface area contributed by atoms with Crippen molar-refractivity contribution in [3.63, 3.8) is 0 Å². The Bertz CT molecular complexity index is 901. The lowest BCUT2D eigenvalue weighted by molar-refractivity contribution is 0.359. The third-order valence-electron chi connectivity index (χ3n) is 4.03. The highest BCUT2D eigenvalue weighted by Crippen LogP contribution is 2.31. The minimum Gasteiger partial charge on any atom is -0.495 e. The van der Waals surface area contributed by atoms with Crippen LogP contribution in [-0.2, 0) is 13.1 Å². The van der Waals surface area contributed by atoms with Gasteiger partial charge in [-0.05, 0) is 54.5 Å². The molecule has 0 unspecified atom stereocenters. The number of pyridine rings is 1. The third kappa shape index (κ3) is 4.99. The maximum absolute atomic E-state index is 6.20. The van der Waals surface area contributed by atoms with E-state index in [9.17, 15) is 0 Å². The van der Waals surface area contributed by atoms with E-state index in [-0.39, 0.29) is 0 Å². The Labute approximate surface area is 168 Å². The van der Waals surface area contributed by atoms with Crippen molar-refractivity contribution in [3.8, 4) is 5.75 Å². The van der Waals surface area contributed by atoms with E-state index in [1.165, 1.54) is 0 Å². The van der Waals surface area contributed by atoms with Crippen LogP contribution in [0.3, 0.4) is 0 Å². The molecule has 1 N–H and O–H groups in total. The van der Waals surface area contributed by atoms with Gasteiger partial charge in [0.1, 0.15) is 11.5 Å². The topological polar surface area (TPSA) is 50.5 Å². The number of methoxy groups -OCH3 is 1. The van der Waals surface area contributed by atoms with Crippen LogP contribution < -0.4 is 10.1 Å². The van der Waals surface area contributed by atoms with Crippen molar-refractivity contribution in [2.24, 2.45) is 0 Å². The van der Waals surface area contributed by atoms with E-state index in [1.807, 2.05) is 48.4 Å². The predicted molar refractivity (Wildman–Crippen MR) is 111 cm³/mol. The van der Waals surface area contributed by atoms with Gasteiger partial charge in [0.2, 0.25) is 0 Å². The number of hydrogen-bond acceptors (Lipinski definition) is 4. The fourth-order valence-electron chi connectivity index (χ4n) is 2.63. The van der Waals surface area contributed by atoms with E-state index in [0.29, 0.717) is 29.0 Å². The Kier molecular flexibility index (Phi) is 6.32. The van der Waals surface area contributed by atoms with Crippen LogP contribution >= 0.6 is 23.8 Å². The first-order valence-electron chi connectivity index (χ1n) is 8.38. The standard InChI is InChI=1S/C20H20ClN3O2S/c1-14-9-18(19(25-2)10-17(14)21)23-20(27)24(13-16-6-4-8-26-16)12-15-5-3-7-22-11-15/h3-11H,12-13H2,1-2H3,(H,23,27). The van der Waals surface area contributed by atoms with Crippen molar-refractivity contribution in [1.29, 1.82) is 0 Å². The molecule has 0 spiro atoms. The van der Waals surface area contributed by atoms with E-state index >= 15 is 0 Å². The molecule has 7 heteroatoms. The molecular formula is C20H20ClN3O2S. The van der Waals surface area contributed by atoms with E-state index in [0.717, 1.165) is 22.6 Å². The van der Waals surface area contributed by atoms with Crippen LogP contribution in [0.4, 0.5) is 5.69 Å². The van der Waals surface area contributed by atoms with E-state index in [4.69, 9.17) is 33.0 Å². The fraction of sp³-hybridized carbons (Fsp3) is 0.200. The van der Waals surface area contributed by atoms with Gasteiger partial charge in [0.25, 0.3) is 0 Å². The molecule has 0 saturated carbocycles. The monoisotopic (exact) mass is 401 g/mol. The van der Waals surface area contributed by atoms with Crippen molar-refractivity contribution < 1.29 is 9.15 Å². The molecule has 2 heterocycles. The third-order valence-corrected chi connectivity index (χ3v) is 4.80. The number of hydrogen-bond donors (Lipinski definition) is 1. The zero-order valence-corrected chi connectivity index (χ0v) is 16.7. The van der Waals surface area contributed by atoms with Crippen LogP contribution in [0.2, 0.25) is 5.02 Å². The van der Waals surface area contributed by atoms with Crippen LogP contribution in [0, 0.1) is 6.92 Å². The number of thiocarbonyl (C=S) groups is 1. The lowest BCUT2D eigenvalue weighted by atomic mass is 10.2. The van der Waals surface area contributed by atoms with Gasteiger partial charge in [-0.15, -0.1) is 0 Å². The summed E-state index contributed by atoms with van der Waals surface area (Å²) < 4.78 is 10.9. The van der Waals surface area contributed by atoms with Crippen LogP contribution in [0.15, 0.2) is 59.5 Å². The summed E-state index contributed by atoms with van der Waals surface area (Å²) in [6.07, 6.45) is 5.22. The second kappa shape index (κ2) is 8.88. The van der Waals surface area contributed by atoms with Gasteiger partial charge >= 0.3 is 0 Å². The number of halogens is 1. The molecule has 2 aromatic heterocycles. The first-order valence-corrected chi connectivity index (χ1v) is 9.17. The molecule has 27 heavy (non-hydrogen) atoms. The molecular weight excluding hydrogens is 382 g/mol. The van der Waals surface area contributed by atoms with Gasteiger partial charge in [-0.25, -0.2) is 0 Å². The van der Waals surface area contributed by atoms with E-state index < -0.39 is 0 Å². The van der Waals surface area contributed by atoms with Gasteiger partial charge in [0, 0.05) is 30.0 Å². The molecule has 3 aromatic rings. The number of nitrogens with one attached hydrogen (secondary N) is 1. The Morgan fingerprint density at radius 3 is 2.81 bits per heavy atom.